The molecule has 0 aliphatic heterocycles. The Balaban J connectivity index is 2.46. The van der Waals surface area contributed by atoms with E-state index in [1.807, 2.05) is 0 Å². The molecule has 0 aromatic carbocycles. The molecule has 1 heterocycles. The van der Waals surface area contributed by atoms with Crippen LogP contribution in [-0.4, -0.2) is 22.1 Å². The number of hydrogen-bond donors (Lipinski definition) is 1. The predicted molar refractivity (Wildman–Crippen MR) is 75.4 cm³/mol. The summed E-state index contributed by atoms with van der Waals surface area (Å²) in [4.78, 5) is 3.64. The molecule has 0 bridgehead atoms. The molecule has 0 aliphatic rings. The van der Waals surface area contributed by atoms with Crippen molar-refractivity contribution in [3.63, 3.8) is 0 Å². The van der Waals surface area contributed by atoms with Gasteiger partial charge in [0.2, 0.25) is 5.88 Å². The molecule has 7 heteroatoms. The highest BCUT2D eigenvalue weighted by Gasteiger charge is 2.30. The normalized spacial score (nSPS) is 15.1. The molecule has 1 aromatic rings. The zero-order valence-electron chi connectivity index (χ0n) is 10.5. The number of halogens is 4. The van der Waals surface area contributed by atoms with E-state index in [1.165, 1.54) is 6.07 Å². The summed E-state index contributed by atoms with van der Waals surface area (Å²) in [5.41, 5.74) is 4.84. The first-order valence-corrected chi connectivity index (χ1v) is 7.09. The van der Waals surface area contributed by atoms with Crippen LogP contribution < -0.4 is 10.5 Å². The molecule has 0 spiro atoms. The van der Waals surface area contributed by atoms with E-state index in [0.717, 1.165) is 18.7 Å². The van der Waals surface area contributed by atoms with Crippen LogP contribution in [0.4, 0.5) is 13.2 Å². The van der Waals surface area contributed by atoms with Crippen LogP contribution >= 0.6 is 22.6 Å². The molecule has 0 fully saturated rings. The number of nitrogens with zero attached hydrogens (tertiary/aromatic N) is 1. The Morgan fingerprint density at radius 2 is 2.11 bits per heavy atom. The third-order valence-electron chi connectivity index (χ3n) is 2.75. The summed E-state index contributed by atoms with van der Waals surface area (Å²) in [6.07, 6.45) is -2.84. The number of hydrogen-bond acceptors (Lipinski definition) is 3. The fourth-order valence-corrected chi connectivity index (χ4v) is 2.14. The zero-order valence-corrected chi connectivity index (χ0v) is 12.6. The van der Waals surface area contributed by atoms with Gasteiger partial charge in [-0.05, 0) is 24.9 Å². The highest BCUT2D eigenvalue weighted by Crippen LogP contribution is 2.29. The molecule has 0 aliphatic carbocycles. The van der Waals surface area contributed by atoms with Crippen molar-refractivity contribution in [2.45, 2.75) is 23.4 Å². The first-order chi connectivity index (χ1) is 8.84. The van der Waals surface area contributed by atoms with Crippen LogP contribution in [0.5, 0.6) is 5.88 Å². The van der Waals surface area contributed by atoms with Crippen molar-refractivity contribution in [3.05, 3.63) is 23.9 Å². The molecule has 0 saturated carbocycles. The first kappa shape index (κ1) is 16.5. The Bertz CT molecular complexity index is 382. The van der Waals surface area contributed by atoms with Crippen LogP contribution in [0.25, 0.3) is 0 Å². The Morgan fingerprint density at radius 3 is 2.53 bits per heavy atom. The summed E-state index contributed by atoms with van der Waals surface area (Å²) in [7, 11) is 0. The lowest BCUT2D eigenvalue weighted by Crippen LogP contribution is -2.23. The van der Waals surface area contributed by atoms with Crippen molar-refractivity contribution in [1.82, 2.24) is 4.98 Å². The molecular weight excluding hydrogens is 372 g/mol. The molecule has 0 saturated heterocycles. The number of nitrogens with two attached hydrogens (primary N) is 1. The molecule has 2 N–H and O–H groups in total. The Morgan fingerprint density at radius 1 is 1.42 bits per heavy atom. The second-order valence-corrected chi connectivity index (χ2v) is 6.16. The van der Waals surface area contributed by atoms with Crippen LogP contribution in [0.1, 0.15) is 18.9 Å². The van der Waals surface area contributed by atoms with E-state index in [4.69, 9.17) is 10.5 Å². The molecule has 2 atom stereocenters. The van der Waals surface area contributed by atoms with Crippen LogP contribution in [-0.2, 0) is 6.18 Å². The van der Waals surface area contributed by atoms with E-state index in [2.05, 4.69) is 34.5 Å². The quantitative estimate of drug-likeness (QED) is 0.601. The average molecular weight is 388 g/mol. The third kappa shape index (κ3) is 5.52. The number of rotatable bonds is 6. The number of pyridine rings is 1. The summed E-state index contributed by atoms with van der Waals surface area (Å²) in [5.74, 6) is 0.528. The molecule has 108 valence electrons. The van der Waals surface area contributed by atoms with Gasteiger partial charge in [-0.3, -0.25) is 0 Å². The van der Waals surface area contributed by atoms with Crippen molar-refractivity contribution in [2.24, 2.45) is 11.7 Å². The maximum atomic E-state index is 12.3. The van der Waals surface area contributed by atoms with E-state index in [9.17, 15) is 13.2 Å². The van der Waals surface area contributed by atoms with E-state index in [0.29, 0.717) is 23.0 Å². The smallest absolute Gasteiger partial charge is 0.417 e. The summed E-state index contributed by atoms with van der Waals surface area (Å²) in [6, 6.07) is 2.19. The second kappa shape index (κ2) is 7.28. The van der Waals surface area contributed by atoms with Gasteiger partial charge in [-0.1, -0.05) is 29.5 Å². The summed E-state index contributed by atoms with van der Waals surface area (Å²) < 4.78 is 42.7. The molecule has 19 heavy (non-hydrogen) atoms. The lowest BCUT2D eigenvalue weighted by atomic mass is 10.0. The van der Waals surface area contributed by atoms with Crippen molar-refractivity contribution < 1.29 is 17.9 Å². The van der Waals surface area contributed by atoms with Gasteiger partial charge in [0.15, 0.2) is 0 Å². The minimum atomic E-state index is -4.37. The van der Waals surface area contributed by atoms with E-state index < -0.39 is 11.7 Å². The van der Waals surface area contributed by atoms with Gasteiger partial charge in [0.1, 0.15) is 0 Å². The van der Waals surface area contributed by atoms with E-state index in [-0.39, 0.29) is 5.88 Å². The van der Waals surface area contributed by atoms with Crippen LogP contribution in [0, 0.1) is 5.92 Å². The van der Waals surface area contributed by atoms with E-state index >= 15 is 0 Å². The standard InChI is InChI=1S/C12H16F3IN2O/c1-8(16)9(6-17)4-5-19-11-3-2-10(7-18-11)12(13,14)15/h2-3,7-9H,4-6,17H2,1H3. The van der Waals surface area contributed by atoms with Crippen molar-refractivity contribution >= 4 is 22.6 Å². The molecule has 2 unspecified atom stereocenters. The van der Waals surface area contributed by atoms with Crippen LogP contribution in [0.3, 0.4) is 0 Å². The highest BCUT2D eigenvalue weighted by atomic mass is 127. The van der Waals surface area contributed by atoms with Crippen molar-refractivity contribution in [2.75, 3.05) is 13.2 Å². The van der Waals surface area contributed by atoms with Gasteiger partial charge in [-0.15, -0.1) is 0 Å². The Kier molecular flexibility index (Phi) is 6.31. The molecule has 0 radical (unpaired) electrons. The van der Waals surface area contributed by atoms with Crippen molar-refractivity contribution in [1.29, 1.82) is 0 Å². The topological polar surface area (TPSA) is 48.1 Å². The van der Waals surface area contributed by atoms with E-state index in [1.54, 1.807) is 0 Å². The predicted octanol–water partition coefficient (Wildman–Crippen LogP) is 3.27. The van der Waals surface area contributed by atoms with Gasteiger partial charge in [-0.25, -0.2) is 4.98 Å². The number of alkyl halides is 4. The fourth-order valence-electron chi connectivity index (χ4n) is 1.48. The van der Waals surface area contributed by atoms with Gasteiger partial charge < -0.3 is 10.5 Å². The maximum absolute atomic E-state index is 12.3. The molecule has 1 rings (SSSR count). The highest BCUT2D eigenvalue weighted by molar-refractivity contribution is 14.1. The lowest BCUT2D eigenvalue weighted by molar-refractivity contribution is -0.137. The van der Waals surface area contributed by atoms with Gasteiger partial charge >= 0.3 is 6.18 Å². The van der Waals surface area contributed by atoms with Gasteiger partial charge in [0, 0.05) is 16.2 Å². The van der Waals surface area contributed by atoms with Crippen molar-refractivity contribution in [3.8, 4) is 5.88 Å². The van der Waals surface area contributed by atoms with Gasteiger partial charge in [0.25, 0.3) is 0 Å². The molecular formula is C12H16F3IN2O. The lowest BCUT2D eigenvalue weighted by Gasteiger charge is -2.17. The second-order valence-electron chi connectivity index (χ2n) is 4.19. The van der Waals surface area contributed by atoms with Gasteiger partial charge in [0.05, 0.1) is 12.2 Å². The fraction of sp³-hybridized carbons (Fsp3) is 0.583. The minimum Gasteiger partial charge on any atom is -0.478 e. The van der Waals surface area contributed by atoms with Gasteiger partial charge in [-0.2, -0.15) is 13.2 Å². The first-order valence-electron chi connectivity index (χ1n) is 5.84. The molecule has 1 aromatic heterocycles. The maximum Gasteiger partial charge on any atom is 0.417 e. The molecule has 3 nitrogen and oxygen atoms in total. The average Bonchev–Trinajstić information content (AvgIpc) is 2.33. The SMILES string of the molecule is CC(I)C(CN)CCOc1ccc(C(F)(F)F)cn1. The molecule has 0 amide bonds. The summed E-state index contributed by atoms with van der Waals surface area (Å²) >= 11 is 2.30. The summed E-state index contributed by atoms with van der Waals surface area (Å²) in [6.45, 7) is 3.02. The largest absolute Gasteiger partial charge is 0.478 e. The number of aromatic nitrogens is 1. The van der Waals surface area contributed by atoms with Crippen LogP contribution in [0.15, 0.2) is 18.3 Å². The van der Waals surface area contributed by atoms with Crippen LogP contribution in [0.2, 0.25) is 0 Å². The third-order valence-corrected chi connectivity index (χ3v) is 3.77. The number of ether oxygens (including phenoxy) is 1. The Labute approximate surface area is 123 Å². The monoisotopic (exact) mass is 388 g/mol. The Hall–Kier alpha value is -0.570. The minimum absolute atomic E-state index is 0.199. The zero-order chi connectivity index (χ0) is 14.5. The summed E-state index contributed by atoms with van der Waals surface area (Å²) in [5, 5.41) is 0.